The van der Waals surface area contributed by atoms with Crippen LogP contribution in [0.2, 0.25) is 10.0 Å². The van der Waals surface area contributed by atoms with Gasteiger partial charge < -0.3 is 10.1 Å². The van der Waals surface area contributed by atoms with E-state index in [4.69, 9.17) is 27.9 Å². The highest BCUT2D eigenvalue weighted by Crippen LogP contribution is 2.24. The summed E-state index contributed by atoms with van der Waals surface area (Å²) in [4.78, 5) is 0. The minimum absolute atomic E-state index is 0.307. The van der Waals surface area contributed by atoms with Crippen molar-refractivity contribution in [3.8, 4) is 5.75 Å². The predicted molar refractivity (Wildman–Crippen MR) is 84.6 cm³/mol. The second kappa shape index (κ2) is 7.64. The lowest BCUT2D eigenvalue weighted by molar-refractivity contribution is 0.304. The van der Waals surface area contributed by atoms with Crippen LogP contribution in [0.25, 0.3) is 0 Å². The summed E-state index contributed by atoms with van der Waals surface area (Å²) in [5, 5.41) is 4.13. The molecule has 0 unspecified atom stereocenters. The van der Waals surface area contributed by atoms with Crippen LogP contribution in [-0.2, 0) is 13.2 Å². The zero-order valence-corrected chi connectivity index (χ0v) is 13.1. The summed E-state index contributed by atoms with van der Waals surface area (Å²) in [7, 11) is 0. The average molecular weight is 328 g/mol. The van der Waals surface area contributed by atoms with Crippen LogP contribution in [-0.4, -0.2) is 6.54 Å². The topological polar surface area (TPSA) is 21.3 Å². The molecule has 0 aliphatic carbocycles. The molecule has 0 amide bonds. The summed E-state index contributed by atoms with van der Waals surface area (Å²) in [6, 6.07) is 9.96. The van der Waals surface area contributed by atoms with E-state index < -0.39 is 0 Å². The summed E-state index contributed by atoms with van der Waals surface area (Å²) in [5.74, 6) is 0.184. The van der Waals surface area contributed by atoms with Gasteiger partial charge in [0.15, 0.2) is 0 Å². The molecule has 0 bridgehead atoms. The van der Waals surface area contributed by atoms with E-state index in [0.717, 1.165) is 17.7 Å². The van der Waals surface area contributed by atoms with Crippen molar-refractivity contribution < 1.29 is 9.13 Å². The zero-order chi connectivity index (χ0) is 15.2. The number of ether oxygens (including phenoxy) is 1. The van der Waals surface area contributed by atoms with E-state index >= 15 is 0 Å². The molecule has 2 nitrogen and oxygen atoms in total. The van der Waals surface area contributed by atoms with Gasteiger partial charge in [0, 0.05) is 12.6 Å². The van der Waals surface area contributed by atoms with Gasteiger partial charge in [-0.3, -0.25) is 0 Å². The molecule has 0 heterocycles. The van der Waals surface area contributed by atoms with Gasteiger partial charge in [-0.25, -0.2) is 4.39 Å². The van der Waals surface area contributed by atoms with Crippen LogP contribution in [0.15, 0.2) is 36.4 Å². The number of rotatable bonds is 6. The summed E-state index contributed by atoms with van der Waals surface area (Å²) in [5.41, 5.74) is 1.72. The molecule has 0 aliphatic heterocycles. The fraction of sp³-hybridized carbons (Fsp3) is 0.250. The Kier molecular flexibility index (Phi) is 5.85. The lowest BCUT2D eigenvalue weighted by Crippen LogP contribution is -2.12. The Morgan fingerprint density at radius 1 is 1.05 bits per heavy atom. The number of hydrogen-bond donors (Lipinski definition) is 1. The van der Waals surface area contributed by atoms with Crippen molar-refractivity contribution in [2.45, 2.75) is 20.1 Å². The Labute approximate surface area is 133 Å². The van der Waals surface area contributed by atoms with Gasteiger partial charge in [0.05, 0.1) is 10.0 Å². The fourth-order valence-electron chi connectivity index (χ4n) is 1.87. The van der Waals surface area contributed by atoms with Crippen LogP contribution in [0.4, 0.5) is 4.39 Å². The first-order valence-corrected chi connectivity index (χ1v) is 7.41. The Morgan fingerprint density at radius 3 is 2.57 bits per heavy atom. The van der Waals surface area contributed by atoms with Gasteiger partial charge in [0.25, 0.3) is 0 Å². The van der Waals surface area contributed by atoms with Gasteiger partial charge in [0.1, 0.15) is 18.2 Å². The Morgan fingerprint density at radius 2 is 1.86 bits per heavy atom. The fourth-order valence-corrected chi connectivity index (χ4v) is 2.19. The van der Waals surface area contributed by atoms with Crippen molar-refractivity contribution in [1.29, 1.82) is 0 Å². The van der Waals surface area contributed by atoms with E-state index in [1.165, 1.54) is 12.1 Å². The van der Waals surface area contributed by atoms with Crippen LogP contribution in [0.3, 0.4) is 0 Å². The predicted octanol–water partition coefficient (Wildman–Crippen LogP) is 4.82. The number of hydrogen-bond acceptors (Lipinski definition) is 2. The zero-order valence-electron chi connectivity index (χ0n) is 11.6. The third-order valence-electron chi connectivity index (χ3n) is 2.90. The lowest BCUT2D eigenvalue weighted by atomic mass is 10.2. The maximum Gasteiger partial charge on any atom is 0.127 e. The standard InChI is InChI=1S/C16H16Cl2FNO/c1-2-20-9-12-5-13(19)8-14(6-12)21-10-11-3-4-15(17)16(18)7-11/h3-8,20H,2,9-10H2,1H3. The van der Waals surface area contributed by atoms with Crippen LogP contribution in [0.1, 0.15) is 18.1 Å². The molecule has 0 atom stereocenters. The van der Waals surface area contributed by atoms with E-state index in [-0.39, 0.29) is 5.82 Å². The lowest BCUT2D eigenvalue weighted by Gasteiger charge is -2.10. The largest absolute Gasteiger partial charge is 0.489 e. The molecule has 0 spiro atoms. The van der Waals surface area contributed by atoms with Crippen molar-refractivity contribution in [2.75, 3.05) is 6.54 Å². The molecular weight excluding hydrogens is 312 g/mol. The SMILES string of the molecule is CCNCc1cc(F)cc(OCc2ccc(Cl)c(Cl)c2)c1. The van der Waals surface area contributed by atoms with Crippen molar-refractivity contribution in [1.82, 2.24) is 5.32 Å². The molecule has 21 heavy (non-hydrogen) atoms. The van der Waals surface area contributed by atoms with Crippen LogP contribution in [0, 0.1) is 5.82 Å². The molecule has 112 valence electrons. The molecule has 0 saturated carbocycles. The molecule has 5 heteroatoms. The quantitative estimate of drug-likeness (QED) is 0.821. The smallest absolute Gasteiger partial charge is 0.127 e. The van der Waals surface area contributed by atoms with Gasteiger partial charge in [-0.2, -0.15) is 0 Å². The van der Waals surface area contributed by atoms with Gasteiger partial charge in [-0.05, 0) is 41.9 Å². The molecule has 0 aliphatic rings. The van der Waals surface area contributed by atoms with Crippen LogP contribution >= 0.6 is 23.2 Å². The molecule has 2 aromatic carbocycles. The average Bonchev–Trinajstić information content (AvgIpc) is 2.46. The Balaban J connectivity index is 2.05. The number of benzene rings is 2. The highest BCUT2D eigenvalue weighted by Gasteiger charge is 2.04. The number of nitrogens with one attached hydrogen (secondary N) is 1. The first-order valence-electron chi connectivity index (χ1n) is 6.65. The van der Waals surface area contributed by atoms with Gasteiger partial charge in [-0.1, -0.05) is 36.2 Å². The summed E-state index contributed by atoms with van der Waals surface area (Å²) >= 11 is 11.8. The molecule has 2 rings (SSSR count). The van der Waals surface area contributed by atoms with E-state index in [1.807, 2.05) is 19.1 Å². The first kappa shape index (κ1) is 16.1. The number of halogens is 3. The third kappa shape index (κ3) is 4.88. The van der Waals surface area contributed by atoms with E-state index in [2.05, 4.69) is 5.32 Å². The van der Waals surface area contributed by atoms with Gasteiger partial charge >= 0.3 is 0 Å². The maximum atomic E-state index is 13.6. The first-order chi connectivity index (χ1) is 10.1. The molecule has 0 radical (unpaired) electrons. The molecule has 1 N–H and O–H groups in total. The maximum absolute atomic E-state index is 13.6. The second-order valence-electron chi connectivity index (χ2n) is 4.61. The van der Waals surface area contributed by atoms with Gasteiger partial charge in [-0.15, -0.1) is 0 Å². The van der Waals surface area contributed by atoms with Crippen LogP contribution < -0.4 is 10.1 Å². The Bertz CT molecular complexity index is 619. The van der Waals surface area contributed by atoms with E-state index in [1.54, 1.807) is 12.1 Å². The second-order valence-corrected chi connectivity index (χ2v) is 5.43. The van der Waals surface area contributed by atoms with Crippen molar-refractivity contribution in [3.05, 3.63) is 63.4 Å². The van der Waals surface area contributed by atoms with Crippen LogP contribution in [0.5, 0.6) is 5.75 Å². The highest BCUT2D eigenvalue weighted by atomic mass is 35.5. The molecular formula is C16H16Cl2FNO. The minimum Gasteiger partial charge on any atom is -0.489 e. The van der Waals surface area contributed by atoms with E-state index in [0.29, 0.717) is 28.9 Å². The molecule has 0 saturated heterocycles. The molecule has 0 fully saturated rings. The molecule has 2 aromatic rings. The highest BCUT2D eigenvalue weighted by molar-refractivity contribution is 6.42. The summed E-state index contributed by atoms with van der Waals surface area (Å²) < 4.78 is 19.2. The summed E-state index contributed by atoms with van der Waals surface area (Å²) in [6.45, 7) is 3.75. The van der Waals surface area contributed by atoms with Crippen molar-refractivity contribution >= 4 is 23.2 Å². The monoisotopic (exact) mass is 327 g/mol. The molecule has 0 aromatic heterocycles. The third-order valence-corrected chi connectivity index (χ3v) is 3.64. The van der Waals surface area contributed by atoms with Gasteiger partial charge in [0.2, 0.25) is 0 Å². The normalized spacial score (nSPS) is 10.7. The summed E-state index contributed by atoms with van der Waals surface area (Å²) in [6.07, 6.45) is 0. The Hall–Kier alpha value is -1.29. The minimum atomic E-state index is -0.311. The van der Waals surface area contributed by atoms with Crippen molar-refractivity contribution in [2.24, 2.45) is 0 Å². The van der Waals surface area contributed by atoms with Crippen molar-refractivity contribution in [3.63, 3.8) is 0 Å². The van der Waals surface area contributed by atoms with E-state index in [9.17, 15) is 4.39 Å².